The molecule has 2 atom stereocenters. The van der Waals surface area contributed by atoms with Gasteiger partial charge in [-0.15, -0.1) is 11.8 Å². The van der Waals surface area contributed by atoms with Gasteiger partial charge in [0, 0.05) is 6.54 Å². The number of nitrogens with zero attached hydrogens (tertiary/aromatic N) is 1. The minimum atomic E-state index is 0.297. The zero-order chi connectivity index (χ0) is 7.14. The Balaban J connectivity index is 2.06. The van der Waals surface area contributed by atoms with Gasteiger partial charge >= 0.3 is 0 Å². The fourth-order valence-corrected chi connectivity index (χ4v) is 2.94. The Morgan fingerprint density at radius 2 is 2.50 bits per heavy atom. The van der Waals surface area contributed by atoms with E-state index in [1.54, 1.807) is 0 Å². The van der Waals surface area contributed by atoms with Gasteiger partial charge in [-0.25, -0.2) is 0 Å². The number of fused-ring (bicyclic) bond motifs is 1. The lowest BCUT2D eigenvalue weighted by Gasteiger charge is -2.48. The third-order valence-electron chi connectivity index (χ3n) is 2.24. The monoisotopic (exact) mass is 157 g/mol. The van der Waals surface area contributed by atoms with Crippen LogP contribution in [0.3, 0.4) is 0 Å². The minimum Gasteiger partial charge on any atom is -0.330 e. The van der Waals surface area contributed by atoms with Crippen molar-refractivity contribution < 1.29 is 4.79 Å². The van der Waals surface area contributed by atoms with Gasteiger partial charge < -0.3 is 4.90 Å². The van der Waals surface area contributed by atoms with Crippen molar-refractivity contribution in [1.82, 2.24) is 4.90 Å². The molecule has 0 saturated carbocycles. The second-order valence-electron chi connectivity index (χ2n) is 2.94. The summed E-state index contributed by atoms with van der Waals surface area (Å²) in [6, 6.07) is 0. The molecule has 1 amide bonds. The van der Waals surface area contributed by atoms with Crippen LogP contribution in [0.25, 0.3) is 0 Å². The van der Waals surface area contributed by atoms with Gasteiger partial charge in [-0.2, -0.15) is 0 Å². The molecule has 2 saturated heterocycles. The zero-order valence-electron chi connectivity index (χ0n) is 6.04. The van der Waals surface area contributed by atoms with Gasteiger partial charge in [0.1, 0.15) is 0 Å². The lowest BCUT2D eigenvalue weighted by Crippen LogP contribution is -2.59. The first kappa shape index (κ1) is 6.53. The Labute approximate surface area is 65.0 Å². The second-order valence-corrected chi connectivity index (χ2v) is 4.16. The van der Waals surface area contributed by atoms with Crippen LogP contribution in [-0.2, 0) is 4.79 Å². The Bertz CT molecular complexity index is 171. The summed E-state index contributed by atoms with van der Waals surface area (Å²) in [5.41, 5.74) is 0. The molecule has 2 aliphatic heterocycles. The quantitative estimate of drug-likeness (QED) is 0.487. The first-order valence-electron chi connectivity index (χ1n) is 3.73. The summed E-state index contributed by atoms with van der Waals surface area (Å²) >= 11 is 1.93. The maximum atomic E-state index is 11.1. The van der Waals surface area contributed by atoms with Crippen molar-refractivity contribution in [2.45, 2.75) is 18.7 Å². The molecule has 2 fully saturated rings. The number of β-lactam (4-membered cyclic amide) rings is 1. The number of carbonyl (C=O) groups excluding carboxylic acids is 1. The summed E-state index contributed by atoms with van der Waals surface area (Å²) in [6.07, 6.45) is 1.18. The van der Waals surface area contributed by atoms with Gasteiger partial charge in [-0.3, -0.25) is 4.79 Å². The van der Waals surface area contributed by atoms with Crippen LogP contribution in [0.15, 0.2) is 0 Å². The van der Waals surface area contributed by atoms with Gasteiger partial charge in [0.15, 0.2) is 0 Å². The highest BCUT2D eigenvalue weighted by atomic mass is 32.2. The highest BCUT2D eigenvalue weighted by Gasteiger charge is 2.45. The predicted molar refractivity (Wildman–Crippen MR) is 41.7 cm³/mol. The normalized spacial score (nSPS) is 38.9. The maximum Gasteiger partial charge on any atom is 0.229 e. The maximum absolute atomic E-state index is 11.1. The van der Waals surface area contributed by atoms with Crippen LogP contribution in [0.1, 0.15) is 13.3 Å². The second kappa shape index (κ2) is 2.16. The summed E-state index contributed by atoms with van der Waals surface area (Å²) in [5, 5.41) is 0.529. The van der Waals surface area contributed by atoms with E-state index in [1.807, 2.05) is 23.6 Å². The Morgan fingerprint density at radius 3 is 3.20 bits per heavy atom. The van der Waals surface area contributed by atoms with Crippen LogP contribution in [0.2, 0.25) is 0 Å². The predicted octanol–water partition coefficient (Wildman–Crippen LogP) is 0.928. The molecule has 0 aromatic carbocycles. The van der Waals surface area contributed by atoms with Crippen molar-refractivity contribution in [1.29, 1.82) is 0 Å². The SMILES string of the molecule is C[C@@H]1C(=O)N2CCCS[C@H]12. The molecular weight excluding hydrogens is 146 g/mol. The fourth-order valence-electron chi connectivity index (χ4n) is 1.61. The molecule has 0 unspecified atom stereocenters. The van der Waals surface area contributed by atoms with Crippen molar-refractivity contribution in [3.63, 3.8) is 0 Å². The molecular formula is C7H11NOS. The highest BCUT2D eigenvalue weighted by Crippen LogP contribution is 2.38. The molecule has 2 nitrogen and oxygen atoms in total. The van der Waals surface area contributed by atoms with E-state index < -0.39 is 0 Å². The van der Waals surface area contributed by atoms with Crippen molar-refractivity contribution in [3.05, 3.63) is 0 Å². The number of carbonyl (C=O) groups is 1. The van der Waals surface area contributed by atoms with Crippen molar-refractivity contribution in [2.24, 2.45) is 5.92 Å². The fraction of sp³-hybridized carbons (Fsp3) is 0.857. The smallest absolute Gasteiger partial charge is 0.229 e. The molecule has 0 radical (unpaired) electrons. The van der Waals surface area contributed by atoms with Gasteiger partial charge in [0.05, 0.1) is 11.3 Å². The standard InChI is InChI=1S/C7H11NOS/c1-5-6(9)8-3-2-4-10-7(5)8/h5,7H,2-4H2,1H3/t5-,7-/m1/s1. The van der Waals surface area contributed by atoms with E-state index in [9.17, 15) is 4.79 Å². The van der Waals surface area contributed by atoms with E-state index in [2.05, 4.69) is 0 Å². The molecule has 0 bridgehead atoms. The Morgan fingerprint density at radius 1 is 1.70 bits per heavy atom. The van der Waals surface area contributed by atoms with E-state index >= 15 is 0 Å². The summed E-state index contributed by atoms with van der Waals surface area (Å²) in [4.78, 5) is 13.1. The van der Waals surface area contributed by atoms with Crippen LogP contribution in [0, 0.1) is 5.92 Å². The minimum absolute atomic E-state index is 0.297. The molecule has 10 heavy (non-hydrogen) atoms. The van der Waals surface area contributed by atoms with Crippen LogP contribution < -0.4 is 0 Å². The number of thioether (sulfide) groups is 1. The Kier molecular flexibility index (Phi) is 1.41. The first-order valence-corrected chi connectivity index (χ1v) is 4.77. The van der Waals surface area contributed by atoms with Crippen LogP contribution in [0.5, 0.6) is 0 Å². The van der Waals surface area contributed by atoms with Gasteiger partial charge in [-0.05, 0) is 12.2 Å². The van der Waals surface area contributed by atoms with Crippen molar-refractivity contribution in [3.8, 4) is 0 Å². The van der Waals surface area contributed by atoms with Crippen LogP contribution in [0.4, 0.5) is 0 Å². The molecule has 3 heteroatoms. The summed E-state index contributed by atoms with van der Waals surface area (Å²) in [7, 11) is 0. The van der Waals surface area contributed by atoms with E-state index in [1.165, 1.54) is 12.2 Å². The molecule has 56 valence electrons. The molecule has 0 aliphatic carbocycles. The zero-order valence-corrected chi connectivity index (χ0v) is 6.86. The van der Waals surface area contributed by atoms with Crippen molar-refractivity contribution >= 4 is 17.7 Å². The summed E-state index contributed by atoms with van der Waals surface area (Å²) < 4.78 is 0. The number of rotatable bonds is 0. The average molecular weight is 157 g/mol. The van der Waals surface area contributed by atoms with Gasteiger partial charge in [0.2, 0.25) is 5.91 Å². The molecule has 2 rings (SSSR count). The van der Waals surface area contributed by atoms with E-state index in [0.717, 1.165) is 6.54 Å². The first-order chi connectivity index (χ1) is 4.80. The molecule has 0 aromatic heterocycles. The molecule has 2 aliphatic rings. The topological polar surface area (TPSA) is 20.3 Å². The lowest BCUT2D eigenvalue weighted by atomic mass is 10.0. The van der Waals surface area contributed by atoms with Crippen molar-refractivity contribution in [2.75, 3.05) is 12.3 Å². The largest absolute Gasteiger partial charge is 0.330 e. The molecule has 0 N–H and O–H groups in total. The van der Waals surface area contributed by atoms with Gasteiger partial charge in [-0.1, -0.05) is 6.92 Å². The summed E-state index contributed by atoms with van der Waals surface area (Å²) in [6.45, 7) is 3.03. The van der Waals surface area contributed by atoms with Crippen LogP contribution >= 0.6 is 11.8 Å². The van der Waals surface area contributed by atoms with E-state index in [4.69, 9.17) is 0 Å². The van der Waals surface area contributed by atoms with Crippen LogP contribution in [-0.4, -0.2) is 28.5 Å². The molecule has 0 aromatic rings. The number of hydrogen-bond donors (Lipinski definition) is 0. The lowest BCUT2D eigenvalue weighted by molar-refractivity contribution is -0.149. The van der Waals surface area contributed by atoms with E-state index in [-0.39, 0.29) is 0 Å². The summed E-state index contributed by atoms with van der Waals surface area (Å²) in [5.74, 6) is 1.89. The third-order valence-corrected chi connectivity index (χ3v) is 3.77. The Hall–Kier alpha value is -0.180. The number of hydrogen-bond acceptors (Lipinski definition) is 2. The number of amides is 1. The highest BCUT2D eigenvalue weighted by molar-refractivity contribution is 8.00. The van der Waals surface area contributed by atoms with Gasteiger partial charge in [0.25, 0.3) is 0 Å². The molecule has 2 heterocycles. The molecule has 0 spiro atoms. The van der Waals surface area contributed by atoms with E-state index in [0.29, 0.717) is 17.2 Å². The average Bonchev–Trinajstić information content (AvgIpc) is 2.03. The third kappa shape index (κ3) is 0.698.